The van der Waals surface area contributed by atoms with Crippen LogP contribution in [-0.4, -0.2) is 47.6 Å². The molecule has 0 atom stereocenters. The van der Waals surface area contributed by atoms with Crippen LogP contribution in [0.4, 0.5) is 0 Å². The number of hydrogen-bond acceptors (Lipinski definition) is 8. The Labute approximate surface area is 265 Å². The van der Waals surface area contributed by atoms with Gasteiger partial charge in [-0.25, -0.2) is 0 Å². The number of unbranched alkanes of at least 4 members (excludes halogenated alkanes) is 11. The molecular weight excluding hydrogens is 564 g/mol. The van der Waals surface area contributed by atoms with Crippen molar-refractivity contribution in [2.24, 2.45) is 0 Å². The first-order chi connectivity index (χ1) is 21.4. The third-order valence-electron chi connectivity index (χ3n) is 7.30. The van der Waals surface area contributed by atoms with Gasteiger partial charge in [0, 0.05) is 32.5 Å². The van der Waals surface area contributed by atoms with Crippen molar-refractivity contribution in [3.05, 3.63) is 34.9 Å². The molecule has 9 heteroatoms. The molecule has 0 aromatic heterocycles. The summed E-state index contributed by atoms with van der Waals surface area (Å²) in [7, 11) is 0. The van der Waals surface area contributed by atoms with Crippen LogP contribution in [0.25, 0.3) is 0 Å². The van der Waals surface area contributed by atoms with Crippen molar-refractivity contribution in [2.45, 2.75) is 156 Å². The smallest absolute Gasteiger partial charge is 0.306 e. The number of aliphatic hydroxyl groups excluding tert-OH is 1. The number of esters is 2. The molecule has 1 aromatic rings. The van der Waals surface area contributed by atoms with Crippen molar-refractivity contribution in [2.75, 3.05) is 13.2 Å². The zero-order valence-corrected chi connectivity index (χ0v) is 27.3. The fraction of sp³-hybridized carbons (Fsp3) is 0.743. The Kier molecular flexibility index (Phi) is 24.1. The maximum absolute atomic E-state index is 12.6. The van der Waals surface area contributed by atoms with E-state index >= 15 is 0 Å². The normalized spacial score (nSPS) is 11.2. The fourth-order valence-electron chi connectivity index (χ4n) is 4.76. The average Bonchev–Trinajstić information content (AvgIpc) is 3.02. The Bertz CT molecular complexity index is 884. The maximum Gasteiger partial charge on any atom is 0.306 e. The highest BCUT2D eigenvalue weighted by Gasteiger charge is 2.14. The number of hydrogen-bond donors (Lipinski definition) is 2. The molecule has 0 radical (unpaired) electrons. The lowest BCUT2D eigenvalue weighted by molar-refractivity contribution is -0.160. The van der Waals surface area contributed by atoms with Gasteiger partial charge in [-0.15, -0.1) is 0 Å². The van der Waals surface area contributed by atoms with E-state index in [4.69, 9.17) is 24.1 Å². The van der Waals surface area contributed by atoms with Crippen molar-refractivity contribution >= 4 is 17.9 Å². The molecule has 0 unspecified atom stereocenters. The zero-order valence-electron chi connectivity index (χ0n) is 27.3. The van der Waals surface area contributed by atoms with Gasteiger partial charge < -0.3 is 29.2 Å². The summed E-state index contributed by atoms with van der Waals surface area (Å²) in [5.74, 6) is -1.66. The van der Waals surface area contributed by atoms with E-state index in [1.165, 1.54) is 51.4 Å². The third-order valence-corrected chi connectivity index (χ3v) is 7.30. The summed E-state index contributed by atoms with van der Waals surface area (Å²) >= 11 is 0. The molecule has 0 spiro atoms. The first-order valence-corrected chi connectivity index (χ1v) is 16.9. The Balaban J connectivity index is 2.51. The van der Waals surface area contributed by atoms with Crippen LogP contribution in [0.2, 0.25) is 0 Å². The lowest BCUT2D eigenvalue weighted by Crippen LogP contribution is -2.21. The van der Waals surface area contributed by atoms with Gasteiger partial charge in [0.15, 0.2) is 6.29 Å². The van der Waals surface area contributed by atoms with Crippen LogP contribution < -0.4 is 0 Å². The van der Waals surface area contributed by atoms with Crippen molar-refractivity contribution in [3.63, 3.8) is 0 Å². The Morgan fingerprint density at radius 1 is 0.614 bits per heavy atom. The first-order valence-electron chi connectivity index (χ1n) is 16.9. The van der Waals surface area contributed by atoms with E-state index in [1.807, 2.05) is 0 Å². The lowest BCUT2D eigenvalue weighted by Gasteiger charge is -2.19. The van der Waals surface area contributed by atoms with Crippen LogP contribution >= 0.6 is 0 Å². The fourth-order valence-corrected chi connectivity index (χ4v) is 4.76. The lowest BCUT2D eigenvalue weighted by atomic mass is 10.1. The first kappa shape index (κ1) is 39.5. The number of aliphatic carboxylic acids is 1. The van der Waals surface area contributed by atoms with Crippen LogP contribution in [-0.2, 0) is 53.2 Å². The van der Waals surface area contributed by atoms with Gasteiger partial charge in [0.2, 0.25) is 0 Å². The topological polar surface area (TPSA) is 129 Å². The summed E-state index contributed by atoms with van der Waals surface area (Å²) in [5, 5.41) is 18.4. The quantitative estimate of drug-likeness (QED) is 0.0523. The van der Waals surface area contributed by atoms with Crippen LogP contribution in [0, 0.1) is 0 Å². The van der Waals surface area contributed by atoms with Crippen LogP contribution in [0.1, 0.15) is 146 Å². The SMILES string of the molecule is CCCCCCCCOC(CCC(=O)OCc1cc(CO)cc(COC(=O)CCCCC(=O)O)c1)OCCCCCCCC. The second kappa shape index (κ2) is 26.9. The molecule has 0 fully saturated rings. The van der Waals surface area contributed by atoms with Gasteiger partial charge in [-0.2, -0.15) is 0 Å². The summed E-state index contributed by atoms with van der Waals surface area (Å²) in [6, 6.07) is 5.26. The molecule has 0 aliphatic heterocycles. The highest BCUT2D eigenvalue weighted by molar-refractivity contribution is 5.70. The molecule has 1 aromatic carbocycles. The molecule has 0 aliphatic carbocycles. The van der Waals surface area contributed by atoms with Gasteiger partial charge in [0.05, 0.1) is 13.0 Å². The molecule has 44 heavy (non-hydrogen) atoms. The molecule has 252 valence electrons. The molecule has 1 rings (SSSR count). The molecule has 0 bridgehead atoms. The van der Waals surface area contributed by atoms with Gasteiger partial charge in [-0.1, -0.05) is 90.2 Å². The van der Waals surface area contributed by atoms with Crippen molar-refractivity contribution < 1.29 is 43.5 Å². The Morgan fingerprint density at radius 2 is 1.07 bits per heavy atom. The minimum Gasteiger partial charge on any atom is -0.481 e. The largest absolute Gasteiger partial charge is 0.481 e. The van der Waals surface area contributed by atoms with E-state index in [9.17, 15) is 19.5 Å². The standard InChI is InChI=1S/C35H58O9/c1-3-5-7-9-11-15-21-41-35(42-22-16-12-10-8-6-4-2)20-19-34(40)44-28-31-24-29(26-36)23-30(25-31)27-43-33(39)18-14-13-17-32(37)38/h23-25,35-36H,3-22,26-28H2,1-2H3,(H,37,38). The van der Waals surface area contributed by atoms with E-state index in [2.05, 4.69) is 13.8 Å². The molecule has 9 nitrogen and oxygen atoms in total. The number of benzene rings is 1. The number of carboxylic acid groups (broad SMARTS) is 1. The molecule has 2 N–H and O–H groups in total. The molecule has 0 aliphatic rings. The summed E-state index contributed by atoms with van der Waals surface area (Å²) < 4.78 is 22.9. The molecular formula is C35H58O9. The summed E-state index contributed by atoms with van der Waals surface area (Å²) in [5.41, 5.74) is 1.98. The second-order valence-electron chi connectivity index (χ2n) is 11.5. The highest BCUT2D eigenvalue weighted by atomic mass is 16.7. The van der Waals surface area contributed by atoms with Crippen molar-refractivity contribution in [1.82, 2.24) is 0 Å². The monoisotopic (exact) mass is 622 g/mol. The van der Waals surface area contributed by atoms with E-state index in [0.29, 0.717) is 49.2 Å². The number of rotatable bonds is 29. The summed E-state index contributed by atoms with van der Waals surface area (Å²) in [4.78, 5) is 35.2. The number of ether oxygens (including phenoxy) is 4. The van der Waals surface area contributed by atoms with Crippen LogP contribution in [0.15, 0.2) is 18.2 Å². The molecule has 0 saturated heterocycles. The van der Waals surface area contributed by atoms with Gasteiger partial charge in [-0.3, -0.25) is 14.4 Å². The number of carbonyl (C=O) groups is 3. The third kappa shape index (κ3) is 22.1. The number of carboxylic acids is 1. The maximum atomic E-state index is 12.6. The minimum absolute atomic E-state index is 0.0140. The average molecular weight is 623 g/mol. The zero-order chi connectivity index (χ0) is 32.3. The molecule has 0 saturated carbocycles. The van der Waals surface area contributed by atoms with E-state index in [-0.39, 0.29) is 45.1 Å². The highest BCUT2D eigenvalue weighted by Crippen LogP contribution is 2.16. The van der Waals surface area contributed by atoms with Crippen molar-refractivity contribution in [1.29, 1.82) is 0 Å². The molecule has 0 amide bonds. The number of aliphatic hydroxyl groups is 1. The summed E-state index contributed by atoms with van der Waals surface area (Å²) in [6.07, 6.45) is 15.3. The van der Waals surface area contributed by atoms with Crippen LogP contribution in [0.3, 0.4) is 0 Å². The van der Waals surface area contributed by atoms with Gasteiger partial charge in [0.25, 0.3) is 0 Å². The minimum atomic E-state index is -0.888. The predicted molar refractivity (Wildman–Crippen MR) is 170 cm³/mol. The summed E-state index contributed by atoms with van der Waals surface area (Å²) in [6.45, 7) is 5.50. The van der Waals surface area contributed by atoms with Crippen LogP contribution in [0.5, 0.6) is 0 Å². The predicted octanol–water partition coefficient (Wildman–Crippen LogP) is 7.77. The van der Waals surface area contributed by atoms with E-state index in [1.54, 1.807) is 18.2 Å². The number of carbonyl (C=O) groups excluding carboxylic acids is 2. The van der Waals surface area contributed by atoms with E-state index in [0.717, 1.165) is 25.7 Å². The Morgan fingerprint density at radius 3 is 1.57 bits per heavy atom. The van der Waals surface area contributed by atoms with E-state index < -0.39 is 18.2 Å². The van der Waals surface area contributed by atoms with Gasteiger partial charge >= 0.3 is 17.9 Å². The van der Waals surface area contributed by atoms with Gasteiger partial charge in [0.1, 0.15) is 13.2 Å². The second-order valence-corrected chi connectivity index (χ2v) is 11.5. The van der Waals surface area contributed by atoms with Crippen molar-refractivity contribution in [3.8, 4) is 0 Å². The van der Waals surface area contributed by atoms with Gasteiger partial charge in [-0.05, 0) is 48.4 Å². The Hall–Kier alpha value is -2.49. The molecule has 0 heterocycles.